The van der Waals surface area contributed by atoms with E-state index < -0.39 is 17.8 Å². The molecule has 1 aromatic carbocycles. The van der Waals surface area contributed by atoms with Gasteiger partial charge in [-0.15, -0.1) is 0 Å². The van der Waals surface area contributed by atoms with Crippen LogP contribution in [-0.2, 0) is 4.79 Å². The fraction of sp³-hybridized carbons (Fsp3) is 0.438. The van der Waals surface area contributed by atoms with Gasteiger partial charge < -0.3 is 10.6 Å². The fourth-order valence-corrected chi connectivity index (χ4v) is 2.52. The first-order valence-corrected chi connectivity index (χ1v) is 7.94. The molecule has 4 amide bonds. The molecule has 0 atom stereocenters. The number of rotatable bonds is 4. The highest BCUT2D eigenvalue weighted by Crippen LogP contribution is 2.17. The molecule has 1 aliphatic rings. The standard InChI is InChI=1S/C16H21FN4O3/c17-12-8-6-11(7-9-12)15(23)20-21-16(24)18-10-14(22)19-13-4-2-1-3-5-13/h6-9,13H,1-5,10H2,(H,19,22)(H,20,23)(H2,18,21,24). The van der Waals surface area contributed by atoms with Gasteiger partial charge in [0.05, 0.1) is 6.54 Å². The Hall–Kier alpha value is -2.64. The number of amides is 4. The highest BCUT2D eigenvalue weighted by Gasteiger charge is 2.16. The first-order chi connectivity index (χ1) is 11.5. The molecule has 0 heterocycles. The van der Waals surface area contributed by atoms with Crippen molar-refractivity contribution in [2.75, 3.05) is 6.54 Å². The number of halogens is 1. The zero-order valence-electron chi connectivity index (χ0n) is 13.2. The highest BCUT2D eigenvalue weighted by atomic mass is 19.1. The van der Waals surface area contributed by atoms with Crippen LogP contribution in [0.4, 0.5) is 9.18 Å². The molecule has 4 N–H and O–H groups in total. The Kier molecular flexibility index (Phi) is 6.53. The van der Waals surface area contributed by atoms with E-state index in [4.69, 9.17) is 0 Å². The third-order valence-corrected chi connectivity index (χ3v) is 3.78. The van der Waals surface area contributed by atoms with Gasteiger partial charge in [0.25, 0.3) is 5.91 Å². The van der Waals surface area contributed by atoms with Crippen molar-refractivity contribution in [3.05, 3.63) is 35.6 Å². The number of urea groups is 1. The Morgan fingerprint density at radius 2 is 1.67 bits per heavy atom. The molecule has 1 aromatic rings. The fourth-order valence-electron chi connectivity index (χ4n) is 2.52. The normalized spacial score (nSPS) is 14.5. The molecule has 0 spiro atoms. The Morgan fingerprint density at radius 1 is 1.00 bits per heavy atom. The lowest BCUT2D eigenvalue weighted by atomic mass is 9.95. The van der Waals surface area contributed by atoms with Gasteiger partial charge in [-0.25, -0.2) is 14.6 Å². The van der Waals surface area contributed by atoms with Gasteiger partial charge in [0.1, 0.15) is 5.82 Å². The molecule has 0 saturated heterocycles. The summed E-state index contributed by atoms with van der Waals surface area (Å²) in [4.78, 5) is 35.0. The largest absolute Gasteiger partial charge is 0.352 e. The van der Waals surface area contributed by atoms with Crippen LogP contribution < -0.4 is 21.5 Å². The summed E-state index contributed by atoms with van der Waals surface area (Å²) in [5.74, 6) is -1.31. The molecule has 0 aliphatic heterocycles. The van der Waals surface area contributed by atoms with Crippen LogP contribution in [-0.4, -0.2) is 30.4 Å². The topological polar surface area (TPSA) is 99.3 Å². The minimum absolute atomic E-state index is 0.172. The van der Waals surface area contributed by atoms with Gasteiger partial charge in [0, 0.05) is 11.6 Å². The minimum atomic E-state index is -0.704. The highest BCUT2D eigenvalue weighted by molar-refractivity contribution is 5.95. The van der Waals surface area contributed by atoms with E-state index >= 15 is 0 Å². The molecule has 1 saturated carbocycles. The first-order valence-electron chi connectivity index (χ1n) is 7.94. The van der Waals surface area contributed by atoms with Crippen LogP contribution in [0.3, 0.4) is 0 Å². The van der Waals surface area contributed by atoms with Crippen molar-refractivity contribution in [2.45, 2.75) is 38.1 Å². The minimum Gasteiger partial charge on any atom is -0.352 e. The summed E-state index contributed by atoms with van der Waals surface area (Å²) in [6.07, 6.45) is 5.33. The molecule has 0 unspecified atom stereocenters. The number of carbonyl (C=O) groups is 3. The van der Waals surface area contributed by atoms with E-state index in [0.29, 0.717) is 0 Å². The SMILES string of the molecule is O=C(CNC(=O)NNC(=O)c1ccc(F)cc1)NC1CCCCC1. The van der Waals surface area contributed by atoms with Crippen molar-refractivity contribution in [3.8, 4) is 0 Å². The Bertz CT molecular complexity index is 585. The van der Waals surface area contributed by atoms with Gasteiger partial charge in [-0.1, -0.05) is 19.3 Å². The molecule has 1 fully saturated rings. The van der Waals surface area contributed by atoms with Crippen LogP contribution in [0.25, 0.3) is 0 Å². The van der Waals surface area contributed by atoms with Crippen molar-refractivity contribution in [1.29, 1.82) is 0 Å². The molecule has 24 heavy (non-hydrogen) atoms. The van der Waals surface area contributed by atoms with E-state index in [-0.39, 0.29) is 24.1 Å². The summed E-state index contributed by atoms with van der Waals surface area (Å²) in [6.45, 7) is -0.172. The van der Waals surface area contributed by atoms with Crippen molar-refractivity contribution < 1.29 is 18.8 Å². The molecule has 1 aliphatic carbocycles. The second-order valence-electron chi connectivity index (χ2n) is 5.67. The molecule has 2 rings (SSSR count). The Morgan fingerprint density at radius 3 is 2.33 bits per heavy atom. The van der Waals surface area contributed by atoms with E-state index in [1.54, 1.807) is 0 Å². The van der Waals surface area contributed by atoms with E-state index in [2.05, 4.69) is 21.5 Å². The molecular weight excluding hydrogens is 315 g/mol. The van der Waals surface area contributed by atoms with Gasteiger partial charge in [-0.2, -0.15) is 0 Å². The number of carbonyl (C=O) groups excluding carboxylic acids is 3. The van der Waals surface area contributed by atoms with Crippen LogP contribution in [0.1, 0.15) is 42.5 Å². The maximum atomic E-state index is 12.8. The number of nitrogens with one attached hydrogen (secondary N) is 4. The van der Waals surface area contributed by atoms with Crippen LogP contribution >= 0.6 is 0 Å². The summed E-state index contributed by atoms with van der Waals surface area (Å²) in [5.41, 5.74) is 4.50. The average molecular weight is 336 g/mol. The van der Waals surface area contributed by atoms with Gasteiger partial charge >= 0.3 is 6.03 Å². The molecule has 0 radical (unpaired) electrons. The van der Waals surface area contributed by atoms with E-state index in [9.17, 15) is 18.8 Å². The third-order valence-electron chi connectivity index (χ3n) is 3.78. The molecule has 130 valence electrons. The number of hydrogen-bond donors (Lipinski definition) is 4. The van der Waals surface area contributed by atoms with Crippen LogP contribution in [0, 0.1) is 5.82 Å². The van der Waals surface area contributed by atoms with Gasteiger partial charge in [0.2, 0.25) is 5.91 Å². The number of hydrogen-bond acceptors (Lipinski definition) is 3. The predicted octanol–water partition coefficient (Wildman–Crippen LogP) is 1.22. The third kappa shape index (κ3) is 5.86. The molecule has 0 aromatic heterocycles. The summed E-state index contributed by atoms with van der Waals surface area (Å²) >= 11 is 0. The molecule has 0 bridgehead atoms. The van der Waals surface area contributed by atoms with E-state index in [0.717, 1.165) is 37.8 Å². The number of benzene rings is 1. The lowest BCUT2D eigenvalue weighted by Crippen LogP contribution is -2.50. The van der Waals surface area contributed by atoms with Gasteiger partial charge in [0.15, 0.2) is 0 Å². The first kappa shape index (κ1) is 17.7. The summed E-state index contributed by atoms with van der Waals surface area (Å²) < 4.78 is 12.8. The lowest BCUT2D eigenvalue weighted by molar-refractivity contribution is -0.121. The van der Waals surface area contributed by atoms with Gasteiger partial charge in [-0.3, -0.25) is 15.0 Å². The van der Waals surface area contributed by atoms with Gasteiger partial charge in [-0.05, 0) is 37.1 Å². The molecule has 7 nitrogen and oxygen atoms in total. The Labute approximate surface area is 139 Å². The summed E-state index contributed by atoms with van der Waals surface area (Å²) in [5, 5.41) is 5.22. The summed E-state index contributed by atoms with van der Waals surface area (Å²) in [7, 11) is 0. The molecule has 8 heteroatoms. The molecular formula is C16H21FN4O3. The van der Waals surface area contributed by atoms with Crippen molar-refractivity contribution in [2.24, 2.45) is 0 Å². The second kappa shape index (κ2) is 8.85. The maximum absolute atomic E-state index is 12.8. The zero-order valence-corrected chi connectivity index (χ0v) is 13.2. The zero-order chi connectivity index (χ0) is 17.4. The smallest absolute Gasteiger partial charge is 0.333 e. The van der Waals surface area contributed by atoms with Crippen molar-refractivity contribution in [3.63, 3.8) is 0 Å². The predicted molar refractivity (Wildman–Crippen MR) is 85.4 cm³/mol. The number of hydrazine groups is 1. The second-order valence-corrected chi connectivity index (χ2v) is 5.67. The average Bonchev–Trinajstić information content (AvgIpc) is 2.59. The maximum Gasteiger partial charge on any atom is 0.333 e. The van der Waals surface area contributed by atoms with Crippen molar-refractivity contribution in [1.82, 2.24) is 21.5 Å². The lowest BCUT2D eigenvalue weighted by Gasteiger charge is -2.22. The summed E-state index contributed by atoms with van der Waals surface area (Å²) in [6, 6.07) is 4.34. The monoisotopic (exact) mass is 336 g/mol. The Balaban J connectivity index is 1.64. The van der Waals surface area contributed by atoms with E-state index in [1.165, 1.54) is 18.6 Å². The van der Waals surface area contributed by atoms with Crippen LogP contribution in [0.5, 0.6) is 0 Å². The van der Waals surface area contributed by atoms with E-state index in [1.807, 2.05) is 0 Å². The van der Waals surface area contributed by atoms with Crippen LogP contribution in [0.15, 0.2) is 24.3 Å². The van der Waals surface area contributed by atoms with Crippen LogP contribution in [0.2, 0.25) is 0 Å². The van der Waals surface area contributed by atoms with Crippen molar-refractivity contribution >= 4 is 17.8 Å². The quantitative estimate of drug-likeness (QED) is 0.622.